The summed E-state index contributed by atoms with van der Waals surface area (Å²) in [6, 6.07) is 8.27. The molecule has 0 spiro atoms. The van der Waals surface area contributed by atoms with Gasteiger partial charge in [-0.15, -0.1) is 0 Å². The summed E-state index contributed by atoms with van der Waals surface area (Å²) in [5, 5.41) is 8.62. The molecule has 1 N–H and O–H groups in total. The summed E-state index contributed by atoms with van der Waals surface area (Å²) in [6.45, 7) is 0. The van der Waals surface area contributed by atoms with E-state index in [0.717, 1.165) is 18.4 Å². The second-order valence-electron chi connectivity index (χ2n) is 5.10. The van der Waals surface area contributed by atoms with Crippen molar-refractivity contribution in [2.75, 3.05) is 7.11 Å². The summed E-state index contributed by atoms with van der Waals surface area (Å²) in [7, 11) is 1.79. The molecule has 0 unspecified atom stereocenters. The maximum absolute atomic E-state index is 10.5. The number of methoxy groups -OCH3 is 1. The summed E-state index contributed by atoms with van der Waals surface area (Å²) in [5.41, 5.74) is 2.55. The van der Waals surface area contributed by atoms with Gasteiger partial charge in [-0.25, -0.2) is 0 Å². The van der Waals surface area contributed by atoms with Crippen LogP contribution in [-0.4, -0.2) is 23.8 Å². The van der Waals surface area contributed by atoms with E-state index in [9.17, 15) is 4.79 Å². The third kappa shape index (κ3) is 3.57. The number of rotatable bonds is 7. The van der Waals surface area contributed by atoms with Crippen molar-refractivity contribution in [2.45, 2.75) is 44.1 Å². The van der Waals surface area contributed by atoms with Crippen LogP contribution in [0.5, 0.6) is 0 Å². The number of aryl methyl sites for hydroxylation is 2. The van der Waals surface area contributed by atoms with Crippen LogP contribution in [0.4, 0.5) is 0 Å². The zero-order chi connectivity index (χ0) is 13.0. The molecular formula is C15H20O3. The number of carboxylic acids is 1. The average Bonchev–Trinajstić information content (AvgIpc) is 3.16. The van der Waals surface area contributed by atoms with Crippen LogP contribution < -0.4 is 0 Å². The Morgan fingerprint density at radius 1 is 1.22 bits per heavy atom. The maximum Gasteiger partial charge on any atom is 0.303 e. The molecule has 0 saturated heterocycles. The van der Waals surface area contributed by atoms with Crippen LogP contribution in [0.2, 0.25) is 0 Å². The predicted molar refractivity (Wildman–Crippen MR) is 69.7 cm³/mol. The van der Waals surface area contributed by atoms with Crippen LogP contribution in [0.1, 0.15) is 36.8 Å². The molecule has 3 nitrogen and oxygen atoms in total. The molecule has 3 heteroatoms. The van der Waals surface area contributed by atoms with Gasteiger partial charge < -0.3 is 9.84 Å². The SMILES string of the molecule is COC1(CCc2ccc(CCC(=O)O)cc2)CC1. The Morgan fingerprint density at radius 2 is 1.78 bits per heavy atom. The molecule has 1 saturated carbocycles. The molecular weight excluding hydrogens is 228 g/mol. The molecule has 0 bridgehead atoms. The Hall–Kier alpha value is -1.35. The third-order valence-electron chi connectivity index (χ3n) is 3.76. The lowest BCUT2D eigenvalue weighted by Crippen LogP contribution is -2.12. The second-order valence-corrected chi connectivity index (χ2v) is 5.10. The molecule has 1 aromatic rings. The van der Waals surface area contributed by atoms with Gasteiger partial charge in [0.15, 0.2) is 0 Å². The third-order valence-corrected chi connectivity index (χ3v) is 3.76. The first-order valence-electron chi connectivity index (χ1n) is 6.48. The molecule has 0 radical (unpaired) electrons. The van der Waals surface area contributed by atoms with Crippen molar-refractivity contribution in [3.63, 3.8) is 0 Å². The number of hydrogen-bond donors (Lipinski definition) is 1. The van der Waals surface area contributed by atoms with Gasteiger partial charge in [0.25, 0.3) is 0 Å². The van der Waals surface area contributed by atoms with Crippen LogP contribution in [-0.2, 0) is 22.4 Å². The smallest absolute Gasteiger partial charge is 0.303 e. The lowest BCUT2D eigenvalue weighted by Gasteiger charge is -2.12. The molecule has 2 rings (SSSR count). The van der Waals surface area contributed by atoms with Gasteiger partial charge in [0.1, 0.15) is 0 Å². The standard InChI is InChI=1S/C15H20O3/c1-18-15(10-11-15)9-8-13-4-2-12(3-5-13)6-7-14(16)17/h2-5H,6-11H2,1H3,(H,16,17). The van der Waals surface area contributed by atoms with E-state index in [2.05, 4.69) is 12.1 Å². The van der Waals surface area contributed by atoms with E-state index in [-0.39, 0.29) is 12.0 Å². The molecule has 18 heavy (non-hydrogen) atoms. The van der Waals surface area contributed by atoms with Crippen molar-refractivity contribution >= 4 is 5.97 Å². The highest BCUT2D eigenvalue weighted by Crippen LogP contribution is 2.42. The molecule has 1 aromatic carbocycles. The molecule has 0 amide bonds. The van der Waals surface area contributed by atoms with Crippen molar-refractivity contribution in [3.05, 3.63) is 35.4 Å². The Bertz CT molecular complexity index is 404. The lowest BCUT2D eigenvalue weighted by molar-refractivity contribution is -0.136. The first kappa shape index (κ1) is 13.1. The van der Waals surface area contributed by atoms with E-state index in [0.29, 0.717) is 6.42 Å². The first-order chi connectivity index (χ1) is 8.63. The number of carbonyl (C=O) groups is 1. The van der Waals surface area contributed by atoms with Gasteiger partial charge in [0.05, 0.1) is 5.60 Å². The molecule has 1 aliphatic carbocycles. The summed E-state index contributed by atoms with van der Waals surface area (Å²) >= 11 is 0. The van der Waals surface area contributed by atoms with E-state index < -0.39 is 5.97 Å². The largest absolute Gasteiger partial charge is 0.481 e. The van der Waals surface area contributed by atoms with Gasteiger partial charge in [-0.1, -0.05) is 24.3 Å². The molecule has 1 fully saturated rings. The lowest BCUT2D eigenvalue weighted by atomic mass is 10.0. The van der Waals surface area contributed by atoms with Crippen LogP contribution in [0.15, 0.2) is 24.3 Å². The fourth-order valence-corrected chi connectivity index (χ4v) is 2.19. The Morgan fingerprint density at radius 3 is 2.22 bits per heavy atom. The molecule has 0 aromatic heterocycles. The summed E-state index contributed by atoms with van der Waals surface area (Å²) in [5.74, 6) is -0.741. The average molecular weight is 248 g/mol. The van der Waals surface area contributed by atoms with Gasteiger partial charge in [-0.05, 0) is 43.2 Å². The van der Waals surface area contributed by atoms with E-state index in [4.69, 9.17) is 9.84 Å². The fraction of sp³-hybridized carbons (Fsp3) is 0.533. The molecule has 0 heterocycles. The minimum absolute atomic E-state index is 0.155. The fourth-order valence-electron chi connectivity index (χ4n) is 2.19. The highest BCUT2D eigenvalue weighted by atomic mass is 16.5. The number of ether oxygens (including phenoxy) is 1. The number of benzene rings is 1. The van der Waals surface area contributed by atoms with Gasteiger partial charge in [0.2, 0.25) is 0 Å². The van der Waals surface area contributed by atoms with Gasteiger partial charge in [-0.3, -0.25) is 4.79 Å². The van der Waals surface area contributed by atoms with Crippen LogP contribution in [0, 0.1) is 0 Å². The minimum atomic E-state index is -0.741. The van der Waals surface area contributed by atoms with Crippen molar-refractivity contribution < 1.29 is 14.6 Å². The van der Waals surface area contributed by atoms with Crippen LogP contribution in [0.25, 0.3) is 0 Å². The minimum Gasteiger partial charge on any atom is -0.481 e. The Labute approximate surface area is 108 Å². The van der Waals surface area contributed by atoms with Gasteiger partial charge in [0, 0.05) is 13.5 Å². The van der Waals surface area contributed by atoms with Crippen molar-refractivity contribution in [1.82, 2.24) is 0 Å². The van der Waals surface area contributed by atoms with Crippen molar-refractivity contribution in [1.29, 1.82) is 0 Å². The summed E-state index contributed by atoms with van der Waals surface area (Å²) < 4.78 is 5.49. The number of aliphatic carboxylic acids is 1. The van der Waals surface area contributed by atoms with E-state index >= 15 is 0 Å². The van der Waals surface area contributed by atoms with Crippen molar-refractivity contribution in [3.8, 4) is 0 Å². The monoisotopic (exact) mass is 248 g/mol. The van der Waals surface area contributed by atoms with Crippen LogP contribution in [0.3, 0.4) is 0 Å². The van der Waals surface area contributed by atoms with E-state index in [1.54, 1.807) is 7.11 Å². The Balaban J connectivity index is 1.82. The molecule has 0 atom stereocenters. The number of hydrogen-bond acceptors (Lipinski definition) is 2. The summed E-state index contributed by atoms with van der Waals surface area (Å²) in [6.07, 6.45) is 5.29. The van der Waals surface area contributed by atoms with Crippen molar-refractivity contribution in [2.24, 2.45) is 0 Å². The zero-order valence-electron chi connectivity index (χ0n) is 10.8. The maximum atomic E-state index is 10.5. The topological polar surface area (TPSA) is 46.5 Å². The van der Waals surface area contributed by atoms with E-state index in [1.165, 1.54) is 18.4 Å². The molecule has 98 valence electrons. The van der Waals surface area contributed by atoms with Gasteiger partial charge >= 0.3 is 5.97 Å². The second kappa shape index (κ2) is 5.53. The number of carboxylic acid groups (broad SMARTS) is 1. The van der Waals surface area contributed by atoms with Gasteiger partial charge in [-0.2, -0.15) is 0 Å². The predicted octanol–water partition coefficient (Wildman–Crippen LogP) is 2.82. The zero-order valence-corrected chi connectivity index (χ0v) is 10.8. The quantitative estimate of drug-likeness (QED) is 0.807. The highest BCUT2D eigenvalue weighted by Gasteiger charge is 2.42. The summed E-state index contributed by atoms with van der Waals surface area (Å²) in [4.78, 5) is 10.5. The highest BCUT2D eigenvalue weighted by molar-refractivity contribution is 5.67. The molecule has 0 aliphatic heterocycles. The van der Waals surface area contributed by atoms with E-state index in [1.807, 2.05) is 12.1 Å². The Kier molecular flexibility index (Phi) is 4.02. The normalized spacial score (nSPS) is 16.5. The molecule has 1 aliphatic rings. The first-order valence-corrected chi connectivity index (χ1v) is 6.48. The van der Waals surface area contributed by atoms with Crippen LogP contribution >= 0.6 is 0 Å².